The van der Waals surface area contributed by atoms with E-state index in [1.54, 1.807) is 6.07 Å². The largest absolute Gasteiger partial charge is 0.231 e. The lowest BCUT2D eigenvalue weighted by Crippen LogP contribution is -2.05. The quantitative estimate of drug-likeness (QED) is 0.458. The molecule has 0 spiro atoms. The Morgan fingerprint density at radius 1 is 0.810 bits per heavy atom. The smallest absolute Gasteiger partial charge is 0.0933 e. The predicted molar refractivity (Wildman–Crippen MR) is 87.7 cm³/mol. The molecule has 4 heteroatoms. The van der Waals surface area contributed by atoms with Crippen molar-refractivity contribution in [3.05, 3.63) is 70.7 Å². The molecule has 2 aliphatic rings. The van der Waals surface area contributed by atoms with E-state index in [0.717, 1.165) is 27.8 Å². The summed E-state index contributed by atoms with van der Waals surface area (Å²) in [6.07, 6.45) is 0. The zero-order valence-electron chi connectivity index (χ0n) is 10.9. The van der Waals surface area contributed by atoms with Gasteiger partial charge in [0.15, 0.2) is 0 Å². The molecule has 0 amide bonds. The summed E-state index contributed by atoms with van der Waals surface area (Å²) < 4.78 is 1.85. The van der Waals surface area contributed by atoms with Crippen LogP contribution in [0, 0.1) is 0 Å². The number of benzene rings is 2. The Hall–Kier alpha value is -2.03. The van der Waals surface area contributed by atoms with Gasteiger partial charge in [0.1, 0.15) is 0 Å². The van der Waals surface area contributed by atoms with Crippen molar-refractivity contribution in [3.63, 3.8) is 0 Å². The molecule has 0 saturated carbocycles. The third kappa shape index (κ3) is 1.91. The first-order chi connectivity index (χ1) is 10.3. The van der Waals surface area contributed by atoms with Crippen molar-refractivity contribution >= 4 is 34.1 Å². The van der Waals surface area contributed by atoms with E-state index in [4.69, 9.17) is 28.3 Å². The van der Waals surface area contributed by atoms with E-state index in [-0.39, 0.29) is 0 Å². The Labute approximate surface area is 131 Å². The molecule has 102 valence electrons. The summed E-state index contributed by atoms with van der Waals surface area (Å²) in [5.74, 6) is 0. The van der Waals surface area contributed by atoms with Crippen molar-refractivity contribution in [2.75, 3.05) is 0 Å². The number of nitrogens with zero attached hydrogens (tertiary/aromatic N) is 2. The summed E-state index contributed by atoms with van der Waals surface area (Å²) in [5.41, 5.74) is 3.62. The topological polar surface area (TPSA) is 17.8 Å². The van der Waals surface area contributed by atoms with Crippen LogP contribution in [0.25, 0.3) is 27.8 Å². The van der Waals surface area contributed by atoms with Crippen LogP contribution in [0.4, 0.5) is 0 Å². The molecule has 1 heterocycles. The van der Waals surface area contributed by atoms with Crippen LogP contribution in [0.3, 0.4) is 0 Å². The zero-order valence-corrected chi connectivity index (χ0v) is 12.4. The predicted octanol–water partition coefficient (Wildman–Crippen LogP) is 5.44. The lowest BCUT2D eigenvalue weighted by molar-refractivity contribution is 0.880. The number of para-hydroxylation sites is 1. The molecule has 0 radical (unpaired) electrons. The SMILES string of the molecule is Clc1cc(Cl)c2n(-c3ccccc3)nc3ccccc3c1-2. The van der Waals surface area contributed by atoms with Crippen molar-refractivity contribution in [2.45, 2.75) is 0 Å². The van der Waals surface area contributed by atoms with Crippen LogP contribution in [0.1, 0.15) is 0 Å². The fourth-order valence-corrected chi connectivity index (χ4v) is 3.27. The van der Waals surface area contributed by atoms with Crippen molar-refractivity contribution in [2.24, 2.45) is 0 Å². The van der Waals surface area contributed by atoms with Gasteiger partial charge in [-0.05, 0) is 24.3 Å². The maximum Gasteiger partial charge on any atom is 0.0933 e. The van der Waals surface area contributed by atoms with Gasteiger partial charge in [-0.1, -0.05) is 59.6 Å². The molecule has 2 nitrogen and oxygen atoms in total. The average Bonchev–Trinajstić information content (AvgIpc) is 2.83. The first-order valence-corrected chi connectivity index (χ1v) is 7.32. The van der Waals surface area contributed by atoms with Gasteiger partial charge < -0.3 is 0 Å². The lowest BCUT2D eigenvalue weighted by Gasteiger charge is -2.15. The first kappa shape index (κ1) is 12.7. The Morgan fingerprint density at radius 2 is 1.52 bits per heavy atom. The summed E-state index contributed by atoms with van der Waals surface area (Å²) in [7, 11) is 0. The maximum absolute atomic E-state index is 6.39. The van der Waals surface area contributed by atoms with E-state index >= 15 is 0 Å². The second-order valence-corrected chi connectivity index (χ2v) is 5.64. The minimum Gasteiger partial charge on any atom is -0.231 e. The Morgan fingerprint density at radius 3 is 2.33 bits per heavy atom. The summed E-state index contributed by atoms with van der Waals surface area (Å²) in [6, 6.07) is 19.6. The summed E-state index contributed by atoms with van der Waals surface area (Å²) >= 11 is 12.8. The van der Waals surface area contributed by atoms with Gasteiger partial charge in [-0.25, -0.2) is 4.68 Å². The molecule has 2 aromatic carbocycles. The van der Waals surface area contributed by atoms with Gasteiger partial charge >= 0.3 is 0 Å². The van der Waals surface area contributed by atoms with E-state index in [1.807, 2.05) is 59.3 Å². The highest BCUT2D eigenvalue weighted by atomic mass is 35.5. The number of fused-ring (bicyclic) bond motifs is 3. The monoisotopic (exact) mass is 312 g/mol. The van der Waals surface area contributed by atoms with E-state index < -0.39 is 0 Å². The van der Waals surface area contributed by atoms with E-state index in [1.165, 1.54) is 0 Å². The highest BCUT2D eigenvalue weighted by molar-refractivity contribution is 6.41. The van der Waals surface area contributed by atoms with Gasteiger partial charge in [-0.3, -0.25) is 0 Å². The van der Waals surface area contributed by atoms with Gasteiger partial charge in [0.2, 0.25) is 0 Å². The molecule has 2 aromatic rings. The fraction of sp³-hybridized carbons (Fsp3) is 0. The van der Waals surface area contributed by atoms with Crippen LogP contribution in [-0.2, 0) is 0 Å². The molecule has 0 unspecified atom stereocenters. The average molecular weight is 313 g/mol. The molecule has 1 aliphatic heterocycles. The highest BCUT2D eigenvalue weighted by Crippen LogP contribution is 2.43. The van der Waals surface area contributed by atoms with Crippen LogP contribution in [0.15, 0.2) is 60.7 Å². The lowest BCUT2D eigenvalue weighted by atomic mass is 10.1. The van der Waals surface area contributed by atoms with Crippen LogP contribution in [0.2, 0.25) is 10.0 Å². The number of hydrogen-bond acceptors (Lipinski definition) is 1. The van der Waals surface area contributed by atoms with Gasteiger partial charge in [0.05, 0.1) is 26.9 Å². The van der Waals surface area contributed by atoms with Gasteiger partial charge in [0.25, 0.3) is 0 Å². The summed E-state index contributed by atoms with van der Waals surface area (Å²) in [6.45, 7) is 0. The zero-order chi connectivity index (χ0) is 14.4. The Bertz CT molecular complexity index is 913. The van der Waals surface area contributed by atoms with E-state index in [0.29, 0.717) is 10.0 Å². The van der Waals surface area contributed by atoms with E-state index in [2.05, 4.69) is 0 Å². The molecule has 0 N–H and O–H groups in total. The Balaban J connectivity index is 2.19. The second kappa shape index (κ2) is 4.76. The summed E-state index contributed by atoms with van der Waals surface area (Å²) in [4.78, 5) is 0. The molecule has 0 aromatic heterocycles. The third-order valence-corrected chi connectivity index (χ3v) is 4.14. The second-order valence-electron chi connectivity index (χ2n) is 4.83. The van der Waals surface area contributed by atoms with Crippen molar-refractivity contribution in [3.8, 4) is 16.9 Å². The number of aromatic nitrogens is 2. The van der Waals surface area contributed by atoms with Crippen LogP contribution in [-0.4, -0.2) is 9.78 Å². The van der Waals surface area contributed by atoms with Gasteiger partial charge in [0, 0.05) is 10.9 Å². The fourth-order valence-electron chi connectivity index (χ4n) is 2.63. The van der Waals surface area contributed by atoms with Crippen LogP contribution < -0.4 is 0 Å². The summed E-state index contributed by atoms with van der Waals surface area (Å²) in [5, 5.41) is 6.99. The molecule has 0 fully saturated rings. The molecule has 4 rings (SSSR count). The standard InChI is InChI=1S/C17H10Cl2N2/c18-13-10-14(19)17-16(13)12-8-4-5-9-15(12)20-21(17)11-6-2-1-3-7-11/h1-10H. The van der Waals surface area contributed by atoms with E-state index in [9.17, 15) is 0 Å². The molecular formula is C17H10Cl2N2. The highest BCUT2D eigenvalue weighted by Gasteiger charge is 2.22. The molecule has 0 bridgehead atoms. The minimum atomic E-state index is 0.608. The van der Waals surface area contributed by atoms with Gasteiger partial charge in [-0.2, -0.15) is 5.10 Å². The molecular weight excluding hydrogens is 303 g/mol. The molecule has 0 saturated heterocycles. The minimum absolute atomic E-state index is 0.608. The van der Waals surface area contributed by atoms with Crippen molar-refractivity contribution < 1.29 is 0 Å². The van der Waals surface area contributed by atoms with Crippen molar-refractivity contribution in [1.29, 1.82) is 0 Å². The first-order valence-electron chi connectivity index (χ1n) is 6.56. The number of rotatable bonds is 1. The van der Waals surface area contributed by atoms with Crippen molar-refractivity contribution in [1.82, 2.24) is 9.78 Å². The third-order valence-electron chi connectivity index (χ3n) is 3.55. The molecule has 0 atom stereocenters. The normalized spacial score (nSPS) is 11.3. The Kier molecular flexibility index (Phi) is 2.88. The number of hydrogen-bond donors (Lipinski definition) is 0. The van der Waals surface area contributed by atoms with Gasteiger partial charge in [-0.15, -0.1) is 0 Å². The molecule has 21 heavy (non-hydrogen) atoms. The van der Waals surface area contributed by atoms with Crippen LogP contribution >= 0.6 is 23.2 Å². The maximum atomic E-state index is 6.39. The molecule has 1 aliphatic carbocycles. The number of halogens is 2. The van der Waals surface area contributed by atoms with Crippen LogP contribution in [0.5, 0.6) is 0 Å².